The summed E-state index contributed by atoms with van der Waals surface area (Å²) in [6, 6.07) is 0. The molecule has 0 aliphatic rings. The van der Waals surface area contributed by atoms with Crippen molar-refractivity contribution in [1.29, 1.82) is 0 Å². The molecule has 0 aliphatic carbocycles. The molecule has 0 aliphatic heterocycles. The van der Waals surface area contributed by atoms with Gasteiger partial charge >= 0.3 is 0 Å². The number of nitrogens with one attached hydrogen (secondary N) is 2. The Morgan fingerprint density at radius 3 is 2.27 bits per heavy atom. The lowest BCUT2D eigenvalue weighted by Crippen LogP contribution is -2.23. The zero-order chi connectivity index (χ0) is 11.4. The van der Waals surface area contributed by atoms with E-state index >= 15 is 0 Å². The second-order valence-electron chi connectivity index (χ2n) is 2.78. The Bertz CT molecular complexity index is 158. The summed E-state index contributed by atoms with van der Waals surface area (Å²) < 4.78 is 10.5. The van der Waals surface area contributed by atoms with Gasteiger partial charge in [-0.2, -0.15) is 0 Å². The summed E-state index contributed by atoms with van der Waals surface area (Å²) >= 11 is 1.69. The van der Waals surface area contributed by atoms with Crippen LogP contribution in [0.5, 0.6) is 0 Å². The third-order valence-electron chi connectivity index (χ3n) is 1.56. The molecule has 0 aromatic rings. The number of amides is 1. The number of hydrogen-bond donors (Lipinski definition) is 2. The summed E-state index contributed by atoms with van der Waals surface area (Å²) in [5.74, 6) is 0. The largest absolute Gasteiger partial charge is 0.378 e. The lowest BCUT2D eigenvalue weighted by atomic mass is 10.6. The average Bonchev–Trinajstić information content (AvgIpc) is 2.20. The Morgan fingerprint density at radius 1 is 1.13 bits per heavy atom. The fourth-order valence-corrected chi connectivity index (χ4v) is 1.13. The number of carbonyl (C=O) groups is 1. The van der Waals surface area contributed by atoms with Crippen molar-refractivity contribution < 1.29 is 14.3 Å². The third kappa shape index (κ3) is 14.1. The van der Waals surface area contributed by atoms with Crippen molar-refractivity contribution in [3.05, 3.63) is 0 Å². The molecule has 0 radical (unpaired) electrons. The molecule has 90 valence electrons. The number of ether oxygens (including phenoxy) is 2. The van der Waals surface area contributed by atoms with Gasteiger partial charge in [-0.3, -0.25) is 4.79 Å². The van der Waals surface area contributed by atoms with Crippen LogP contribution in [0.4, 0.5) is 4.79 Å². The molecule has 2 N–H and O–H groups in total. The molecule has 0 spiro atoms. The minimum absolute atomic E-state index is 0.0573. The summed E-state index contributed by atoms with van der Waals surface area (Å²) in [7, 11) is 0. The average molecular weight is 330 g/mol. The highest BCUT2D eigenvalue weighted by Crippen LogP contribution is 1.82. The van der Waals surface area contributed by atoms with Crippen molar-refractivity contribution in [1.82, 2.24) is 10.6 Å². The van der Waals surface area contributed by atoms with E-state index in [1.54, 1.807) is 22.6 Å². The van der Waals surface area contributed by atoms with E-state index in [4.69, 9.17) is 9.47 Å². The molecule has 15 heavy (non-hydrogen) atoms. The Morgan fingerprint density at radius 2 is 1.73 bits per heavy atom. The molecule has 0 saturated heterocycles. The van der Waals surface area contributed by atoms with Gasteiger partial charge in [0, 0.05) is 35.7 Å². The van der Waals surface area contributed by atoms with Gasteiger partial charge in [0.2, 0.25) is 0 Å². The Kier molecular flexibility index (Phi) is 12.2. The van der Waals surface area contributed by atoms with Crippen molar-refractivity contribution in [2.45, 2.75) is 6.92 Å². The molecule has 0 atom stereocenters. The highest BCUT2D eigenvalue weighted by Gasteiger charge is 1.92. The molecular formula is C9H19IN2O3. The van der Waals surface area contributed by atoms with Gasteiger partial charge in [0.25, 0.3) is 3.91 Å². The SMILES string of the molecule is CCNCCOCCOCCNC(=O)I. The molecule has 1 amide bonds. The van der Waals surface area contributed by atoms with Gasteiger partial charge in [-0.1, -0.05) is 6.92 Å². The van der Waals surface area contributed by atoms with E-state index in [9.17, 15) is 4.79 Å². The Balaban J connectivity index is 2.89. The number of rotatable bonds is 10. The molecule has 0 heterocycles. The molecule has 0 aromatic heterocycles. The molecule has 0 unspecified atom stereocenters. The fraction of sp³-hybridized carbons (Fsp3) is 0.889. The van der Waals surface area contributed by atoms with Gasteiger partial charge in [0.1, 0.15) is 0 Å². The number of hydrogen-bond acceptors (Lipinski definition) is 4. The summed E-state index contributed by atoms with van der Waals surface area (Å²) in [6.45, 7) is 6.88. The maximum atomic E-state index is 10.5. The summed E-state index contributed by atoms with van der Waals surface area (Å²) in [6.07, 6.45) is 0. The van der Waals surface area contributed by atoms with Crippen LogP contribution in [0.15, 0.2) is 0 Å². The topological polar surface area (TPSA) is 59.6 Å². The van der Waals surface area contributed by atoms with Crippen molar-refractivity contribution in [3.8, 4) is 0 Å². The summed E-state index contributed by atoms with van der Waals surface area (Å²) in [4.78, 5) is 10.5. The highest BCUT2D eigenvalue weighted by molar-refractivity contribution is 14.1. The van der Waals surface area contributed by atoms with Crippen LogP contribution in [0, 0.1) is 0 Å². The van der Waals surface area contributed by atoms with E-state index in [1.165, 1.54) is 0 Å². The van der Waals surface area contributed by atoms with E-state index in [1.807, 2.05) is 0 Å². The van der Waals surface area contributed by atoms with E-state index in [2.05, 4.69) is 17.6 Å². The van der Waals surface area contributed by atoms with E-state index in [-0.39, 0.29) is 3.91 Å². The second-order valence-corrected chi connectivity index (χ2v) is 3.76. The first-order valence-corrected chi connectivity index (χ1v) is 6.14. The van der Waals surface area contributed by atoms with Crippen LogP contribution in [-0.2, 0) is 9.47 Å². The normalized spacial score (nSPS) is 10.3. The predicted octanol–water partition coefficient (Wildman–Crippen LogP) is 0.774. The van der Waals surface area contributed by atoms with Crippen LogP contribution in [0.1, 0.15) is 6.92 Å². The van der Waals surface area contributed by atoms with Gasteiger partial charge in [-0.25, -0.2) is 0 Å². The lowest BCUT2D eigenvalue weighted by molar-refractivity contribution is 0.0508. The molecule has 0 saturated carbocycles. The molecule has 0 fully saturated rings. The minimum Gasteiger partial charge on any atom is -0.378 e. The second kappa shape index (κ2) is 12.2. The van der Waals surface area contributed by atoms with E-state index in [0.717, 1.165) is 13.1 Å². The van der Waals surface area contributed by atoms with Crippen LogP contribution in [-0.4, -0.2) is 50.0 Å². The smallest absolute Gasteiger partial charge is 0.280 e. The van der Waals surface area contributed by atoms with Gasteiger partial charge in [0.15, 0.2) is 0 Å². The van der Waals surface area contributed by atoms with Crippen LogP contribution in [0.25, 0.3) is 0 Å². The first kappa shape index (κ1) is 15.1. The van der Waals surface area contributed by atoms with Gasteiger partial charge in [-0.15, -0.1) is 0 Å². The van der Waals surface area contributed by atoms with Crippen LogP contribution >= 0.6 is 22.6 Å². The lowest BCUT2D eigenvalue weighted by Gasteiger charge is -2.06. The van der Waals surface area contributed by atoms with Crippen LogP contribution in [0.2, 0.25) is 0 Å². The third-order valence-corrected chi connectivity index (χ3v) is 1.94. The number of carbonyl (C=O) groups excluding carboxylic acids is 1. The summed E-state index contributed by atoms with van der Waals surface area (Å²) in [5.41, 5.74) is 0. The van der Waals surface area contributed by atoms with Crippen molar-refractivity contribution in [3.63, 3.8) is 0 Å². The minimum atomic E-state index is -0.0573. The first-order valence-electron chi connectivity index (χ1n) is 5.07. The standard InChI is InChI=1S/C9H19IN2O3/c1-2-11-3-5-14-7-8-15-6-4-12-9(10)13/h11H,2-8H2,1H3,(H,12,13). The molecule has 0 bridgehead atoms. The van der Waals surface area contributed by atoms with E-state index in [0.29, 0.717) is 33.0 Å². The zero-order valence-corrected chi connectivity index (χ0v) is 11.2. The zero-order valence-electron chi connectivity index (χ0n) is 9.05. The predicted molar refractivity (Wildman–Crippen MR) is 67.6 cm³/mol. The van der Waals surface area contributed by atoms with Crippen molar-refractivity contribution in [2.75, 3.05) is 46.1 Å². The maximum Gasteiger partial charge on any atom is 0.280 e. The van der Waals surface area contributed by atoms with Crippen molar-refractivity contribution >= 4 is 26.5 Å². The Labute approximate surface area is 104 Å². The van der Waals surface area contributed by atoms with Crippen LogP contribution in [0.3, 0.4) is 0 Å². The maximum absolute atomic E-state index is 10.5. The van der Waals surface area contributed by atoms with Crippen LogP contribution < -0.4 is 10.6 Å². The van der Waals surface area contributed by atoms with E-state index < -0.39 is 0 Å². The number of likely N-dealkylation sites (N-methyl/N-ethyl adjacent to an activating group) is 1. The van der Waals surface area contributed by atoms with Gasteiger partial charge in [0.05, 0.1) is 26.4 Å². The molecular weight excluding hydrogens is 311 g/mol. The number of halogens is 1. The highest BCUT2D eigenvalue weighted by atomic mass is 127. The molecule has 6 heteroatoms. The summed E-state index contributed by atoms with van der Waals surface area (Å²) in [5, 5.41) is 5.79. The van der Waals surface area contributed by atoms with Gasteiger partial charge in [-0.05, 0) is 6.54 Å². The molecule has 5 nitrogen and oxygen atoms in total. The molecule has 0 aromatic carbocycles. The Hall–Kier alpha value is 0.0800. The van der Waals surface area contributed by atoms with Gasteiger partial charge < -0.3 is 20.1 Å². The monoisotopic (exact) mass is 330 g/mol. The molecule has 0 rings (SSSR count). The quantitative estimate of drug-likeness (QED) is 0.269. The van der Waals surface area contributed by atoms with Crippen molar-refractivity contribution in [2.24, 2.45) is 0 Å². The fourth-order valence-electron chi connectivity index (χ4n) is 0.865. The first-order chi connectivity index (χ1) is 7.27.